The fraction of sp³-hybridized carbons (Fsp3) is 0.0286. The van der Waals surface area contributed by atoms with Crippen molar-refractivity contribution in [1.29, 1.82) is 0 Å². The molecule has 0 bridgehead atoms. The minimum Gasteiger partial charge on any atom is -0.321 e. The van der Waals surface area contributed by atoms with Gasteiger partial charge in [0.2, 0.25) is 0 Å². The first kappa shape index (κ1) is 27.6. The Morgan fingerprint density at radius 2 is 1.37 bits per heavy atom. The molecule has 0 aliphatic rings. The molecule has 6 heteroatoms. The van der Waals surface area contributed by atoms with Crippen molar-refractivity contribution in [1.82, 2.24) is 5.32 Å². The highest BCUT2D eigenvalue weighted by molar-refractivity contribution is 7.98. The van der Waals surface area contributed by atoms with Crippen molar-refractivity contribution in [2.45, 2.75) is 10.6 Å². The quantitative estimate of drug-likeness (QED) is 0.142. The Labute approximate surface area is 243 Å². The average molecular weight is 559 g/mol. The molecular formula is C35H27FN2O2S. The molecule has 0 atom stereocenters. The first-order valence-electron chi connectivity index (χ1n) is 13.1. The maximum absolute atomic E-state index is 14.0. The van der Waals surface area contributed by atoms with Crippen LogP contribution in [-0.2, 0) is 10.5 Å². The number of benzene rings is 5. The molecule has 0 heterocycles. The number of halogens is 1. The SMILES string of the molecule is O=C(Nc1cccc(SCc2ccccc2F)c1)/C(=C\c1ccc(-c2ccccc2)cc1)NC(=O)c1ccccc1. The van der Waals surface area contributed by atoms with Crippen LogP contribution in [0.4, 0.5) is 10.1 Å². The van der Waals surface area contributed by atoms with Crippen molar-refractivity contribution in [2.75, 3.05) is 5.32 Å². The number of thioether (sulfide) groups is 1. The van der Waals surface area contributed by atoms with Gasteiger partial charge in [-0.1, -0.05) is 97.1 Å². The van der Waals surface area contributed by atoms with Gasteiger partial charge in [0.1, 0.15) is 11.5 Å². The summed E-state index contributed by atoms with van der Waals surface area (Å²) in [6, 6.07) is 40.5. The van der Waals surface area contributed by atoms with Crippen LogP contribution in [0.25, 0.3) is 17.2 Å². The average Bonchev–Trinajstić information content (AvgIpc) is 3.02. The molecule has 0 aliphatic heterocycles. The molecule has 4 nitrogen and oxygen atoms in total. The van der Waals surface area contributed by atoms with E-state index < -0.39 is 5.91 Å². The number of rotatable bonds is 9. The van der Waals surface area contributed by atoms with E-state index in [-0.39, 0.29) is 17.4 Å². The van der Waals surface area contributed by atoms with Gasteiger partial charge in [0.15, 0.2) is 0 Å². The van der Waals surface area contributed by atoms with Crippen LogP contribution in [0.3, 0.4) is 0 Å². The van der Waals surface area contributed by atoms with E-state index in [9.17, 15) is 14.0 Å². The summed E-state index contributed by atoms with van der Waals surface area (Å²) < 4.78 is 14.0. The van der Waals surface area contributed by atoms with Crippen LogP contribution in [0.1, 0.15) is 21.5 Å². The summed E-state index contributed by atoms with van der Waals surface area (Å²) in [5, 5.41) is 5.68. The Hall–Kier alpha value is -4.94. The van der Waals surface area contributed by atoms with Crippen molar-refractivity contribution in [3.63, 3.8) is 0 Å². The second-order valence-corrected chi connectivity index (χ2v) is 10.3. The molecule has 0 fully saturated rings. The number of anilines is 1. The lowest BCUT2D eigenvalue weighted by Crippen LogP contribution is -2.30. The van der Waals surface area contributed by atoms with Gasteiger partial charge >= 0.3 is 0 Å². The number of carbonyl (C=O) groups excluding carboxylic acids is 2. The number of carbonyl (C=O) groups is 2. The second-order valence-electron chi connectivity index (χ2n) is 9.23. The van der Waals surface area contributed by atoms with Crippen LogP contribution in [-0.4, -0.2) is 11.8 Å². The van der Waals surface area contributed by atoms with E-state index in [1.165, 1.54) is 17.8 Å². The van der Waals surface area contributed by atoms with E-state index in [0.717, 1.165) is 21.6 Å². The highest BCUT2D eigenvalue weighted by Crippen LogP contribution is 2.27. The third-order valence-electron chi connectivity index (χ3n) is 6.30. The molecule has 41 heavy (non-hydrogen) atoms. The number of hydrogen-bond acceptors (Lipinski definition) is 3. The minimum atomic E-state index is -0.460. The number of hydrogen-bond donors (Lipinski definition) is 2. The monoisotopic (exact) mass is 558 g/mol. The van der Waals surface area contributed by atoms with Crippen molar-refractivity contribution >= 4 is 35.3 Å². The van der Waals surface area contributed by atoms with Crippen LogP contribution in [0.2, 0.25) is 0 Å². The molecule has 0 unspecified atom stereocenters. The fourth-order valence-electron chi connectivity index (χ4n) is 4.15. The zero-order valence-corrected chi connectivity index (χ0v) is 22.9. The Kier molecular flexibility index (Phi) is 9.04. The largest absolute Gasteiger partial charge is 0.321 e. The lowest BCUT2D eigenvalue weighted by atomic mass is 10.0. The van der Waals surface area contributed by atoms with Gasteiger partial charge in [-0.05, 0) is 64.7 Å². The molecule has 0 aromatic heterocycles. The van der Waals surface area contributed by atoms with E-state index in [0.29, 0.717) is 22.6 Å². The highest BCUT2D eigenvalue weighted by atomic mass is 32.2. The first-order chi connectivity index (χ1) is 20.0. The third-order valence-corrected chi connectivity index (χ3v) is 7.34. The molecule has 2 N–H and O–H groups in total. The summed E-state index contributed by atoms with van der Waals surface area (Å²) in [6.45, 7) is 0. The summed E-state index contributed by atoms with van der Waals surface area (Å²) in [4.78, 5) is 27.3. The van der Waals surface area contributed by atoms with Crippen molar-refractivity contribution < 1.29 is 14.0 Å². The molecule has 5 aromatic carbocycles. The molecule has 5 aromatic rings. The molecule has 0 radical (unpaired) electrons. The fourth-order valence-corrected chi connectivity index (χ4v) is 5.09. The van der Waals surface area contributed by atoms with E-state index in [1.54, 1.807) is 48.5 Å². The van der Waals surface area contributed by atoms with Crippen molar-refractivity contribution in [2.24, 2.45) is 0 Å². The standard InChI is InChI=1S/C35H27FN2O2S/c36-32-17-8-7-14-29(32)24-41-31-16-9-15-30(23-31)37-35(40)33(38-34(39)28-12-5-2-6-13-28)22-25-18-20-27(21-19-25)26-10-3-1-4-11-26/h1-23H,24H2,(H,37,40)(H,38,39)/b33-22+. The Morgan fingerprint density at radius 3 is 2.10 bits per heavy atom. The third kappa shape index (κ3) is 7.59. The maximum Gasteiger partial charge on any atom is 0.272 e. The molecule has 0 saturated carbocycles. The predicted octanol–water partition coefficient (Wildman–Crippen LogP) is 8.19. The van der Waals surface area contributed by atoms with Gasteiger partial charge < -0.3 is 10.6 Å². The van der Waals surface area contributed by atoms with Crippen LogP contribution in [0.5, 0.6) is 0 Å². The van der Waals surface area contributed by atoms with Gasteiger partial charge in [-0.2, -0.15) is 0 Å². The van der Waals surface area contributed by atoms with Crippen LogP contribution in [0, 0.1) is 5.82 Å². The second kappa shape index (κ2) is 13.4. The van der Waals surface area contributed by atoms with Crippen LogP contribution in [0.15, 0.2) is 144 Å². The van der Waals surface area contributed by atoms with E-state index in [4.69, 9.17) is 0 Å². The van der Waals surface area contributed by atoms with Gasteiger partial charge in [-0.3, -0.25) is 9.59 Å². The van der Waals surface area contributed by atoms with E-state index in [1.807, 2.05) is 84.9 Å². The summed E-state index contributed by atoms with van der Waals surface area (Å²) in [6.07, 6.45) is 1.65. The Balaban J connectivity index is 1.35. The minimum absolute atomic E-state index is 0.107. The summed E-state index contributed by atoms with van der Waals surface area (Å²) >= 11 is 1.47. The highest BCUT2D eigenvalue weighted by Gasteiger charge is 2.15. The molecule has 2 amide bonds. The predicted molar refractivity (Wildman–Crippen MR) is 165 cm³/mol. The van der Waals surface area contributed by atoms with E-state index in [2.05, 4.69) is 10.6 Å². The molecule has 0 spiro atoms. The Bertz CT molecular complexity index is 1670. The summed E-state index contributed by atoms with van der Waals surface area (Å²) in [7, 11) is 0. The lowest BCUT2D eigenvalue weighted by molar-refractivity contribution is -0.113. The molecule has 0 aliphatic carbocycles. The molecule has 0 saturated heterocycles. The Morgan fingerprint density at radius 1 is 0.707 bits per heavy atom. The number of nitrogens with one attached hydrogen (secondary N) is 2. The number of amides is 2. The summed E-state index contributed by atoms with van der Waals surface area (Å²) in [5.41, 5.74) is 4.62. The zero-order chi connectivity index (χ0) is 28.4. The van der Waals surface area contributed by atoms with Gasteiger partial charge in [0, 0.05) is 21.9 Å². The molecule has 5 rings (SSSR count). The molecule has 202 valence electrons. The molecular weight excluding hydrogens is 531 g/mol. The van der Waals surface area contributed by atoms with Crippen LogP contribution < -0.4 is 10.6 Å². The van der Waals surface area contributed by atoms with Crippen LogP contribution >= 0.6 is 11.8 Å². The maximum atomic E-state index is 14.0. The topological polar surface area (TPSA) is 58.2 Å². The van der Waals surface area contributed by atoms with Crippen molar-refractivity contribution in [3.8, 4) is 11.1 Å². The summed E-state index contributed by atoms with van der Waals surface area (Å²) in [5.74, 6) is -0.633. The van der Waals surface area contributed by atoms with Crippen molar-refractivity contribution in [3.05, 3.63) is 162 Å². The van der Waals surface area contributed by atoms with Gasteiger partial charge in [0.25, 0.3) is 11.8 Å². The lowest BCUT2D eigenvalue weighted by Gasteiger charge is -2.12. The normalized spacial score (nSPS) is 11.1. The smallest absolute Gasteiger partial charge is 0.272 e. The first-order valence-corrected chi connectivity index (χ1v) is 14.0. The van der Waals surface area contributed by atoms with E-state index >= 15 is 0 Å². The zero-order valence-electron chi connectivity index (χ0n) is 22.1. The van der Waals surface area contributed by atoms with Gasteiger partial charge in [-0.25, -0.2) is 4.39 Å². The van der Waals surface area contributed by atoms with Gasteiger partial charge in [-0.15, -0.1) is 11.8 Å². The van der Waals surface area contributed by atoms with Gasteiger partial charge in [0.05, 0.1) is 0 Å².